The fourth-order valence-electron chi connectivity index (χ4n) is 4.54. The monoisotopic (exact) mass is 488 g/mol. The van der Waals surface area contributed by atoms with Crippen LogP contribution in [-0.2, 0) is 11.2 Å². The first-order chi connectivity index (χ1) is 17.2. The van der Waals surface area contributed by atoms with Crippen molar-refractivity contribution in [3.8, 4) is 5.69 Å². The van der Waals surface area contributed by atoms with Crippen LogP contribution in [0.5, 0.6) is 0 Å². The fraction of sp³-hybridized carbons (Fsp3) is 0.414. The smallest absolute Gasteiger partial charge is 0.410 e. The van der Waals surface area contributed by atoms with Gasteiger partial charge in [0.2, 0.25) is 0 Å². The van der Waals surface area contributed by atoms with Crippen molar-refractivity contribution in [2.24, 2.45) is 0 Å². The summed E-state index contributed by atoms with van der Waals surface area (Å²) < 4.78 is 7.44. The maximum atomic E-state index is 13.3. The zero-order valence-corrected chi connectivity index (χ0v) is 21.7. The highest BCUT2D eigenvalue weighted by Crippen LogP contribution is 2.33. The lowest BCUT2D eigenvalue weighted by Crippen LogP contribution is -2.41. The highest BCUT2D eigenvalue weighted by Gasteiger charge is 2.32. The summed E-state index contributed by atoms with van der Waals surface area (Å²) in [5.41, 5.74) is 4.25. The Kier molecular flexibility index (Phi) is 7.77. The molecule has 0 spiro atoms. The number of aromatic nitrogens is 2. The van der Waals surface area contributed by atoms with Crippen LogP contribution >= 0.6 is 0 Å². The van der Waals surface area contributed by atoms with Gasteiger partial charge < -0.3 is 15.0 Å². The van der Waals surface area contributed by atoms with Gasteiger partial charge in [0.1, 0.15) is 5.60 Å². The van der Waals surface area contributed by atoms with Gasteiger partial charge in [-0.25, -0.2) is 9.48 Å². The Bertz CT molecular complexity index is 1170. The van der Waals surface area contributed by atoms with Crippen molar-refractivity contribution in [2.75, 3.05) is 19.6 Å². The molecule has 1 aliphatic heterocycles. The van der Waals surface area contributed by atoms with Crippen LogP contribution in [0.2, 0.25) is 0 Å². The van der Waals surface area contributed by atoms with Crippen LogP contribution in [0.25, 0.3) is 5.69 Å². The van der Waals surface area contributed by atoms with Gasteiger partial charge >= 0.3 is 6.09 Å². The number of rotatable bonds is 6. The summed E-state index contributed by atoms with van der Waals surface area (Å²) in [7, 11) is 0. The molecule has 0 saturated carbocycles. The van der Waals surface area contributed by atoms with E-state index in [9.17, 15) is 9.59 Å². The summed E-state index contributed by atoms with van der Waals surface area (Å²) in [4.78, 5) is 27.6. The maximum absolute atomic E-state index is 13.3. The third-order valence-electron chi connectivity index (χ3n) is 6.41. The molecular weight excluding hydrogens is 452 g/mol. The molecule has 7 nitrogen and oxygen atoms in total. The molecule has 0 aliphatic carbocycles. The van der Waals surface area contributed by atoms with Gasteiger partial charge in [-0.2, -0.15) is 5.10 Å². The molecule has 1 N–H and O–H groups in total. The third kappa shape index (κ3) is 6.33. The van der Waals surface area contributed by atoms with Crippen LogP contribution in [0.4, 0.5) is 4.79 Å². The van der Waals surface area contributed by atoms with Crippen molar-refractivity contribution < 1.29 is 14.3 Å². The van der Waals surface area contributed by atoms with E-state index >= 15 is 0 Å². The minimum Gasteiger partial charge on any atom is -0.444 e. The zero-order chi connectivity index (χ0) is 25.7. The summed E-state index contributed by atoms with van der Waals surface area (Å²) in [6.07, 6.45) is 3.63. The van der Waals surface area contributed by atoms with Gasteiger partial charge in [-0.05, 0) is 64.7 Å². The second-order valence-corrected chi connectivity index (χ2v) is 10.4. The second-order valence-electron chi connectivity index (χ2n) is 10.4. The quantitative estimate of drug-likeness (QED) is 0.513. The predicted octanol–water partition coefficient (Wildman–Crippen LogP) is 5.27. The lowest BCUT2D eigenvalue weighted by atomic mass is 9.90. The van der Waals surface area contributed by atoms with Crippen molar-refractivity contribution in [1.82, 2.24) is 20.0 Å². The molecule has 2 heterocycles. The van der Waals surface area contributed by atoms with E-state index in [0.29, 0.717) is 25.2 Å². The summed E-state index contributed by atoms with van der Waals surface area (Å²) in [5.74, 6) is -0.0174. The number of aryl methyl sites for hydroxylation is 1. The molecule has 0 unspecified atom stereocenters. The van der Waals surface area contributed by atoms with Crippen LogP contribution in [-0.4, -0.2) is 51.9 Å². The number of hydrogen-bond donors (Lipinski definition) is 1. The summed E-state index contributed by atoms with van der Waals surface area (Å²) in [6, 6.07) is 18.3. The number of carbonyl (C=O) groups excluding carboxylic acids is 2. The SMILES string of the molecule is Cc1ccc(-n2ncc(C(=O)NCCc3ccccc3)c2C2CCN(C(=O)OC(C)(C)C)CC2)cc1. The highest BCUT2D eigenvalue weighted by atomic mass is 16.6. The molecule has 2 aromatic carbocycles. The third-order valence-corrected chi connectivity index (χ3v) is 6.41. The van der Waals surface area contributed by atoms with E-state index in [-0.39, 0.29) is 17.9 Å². The van der Waals surface area contributed by atoms with Gasteiger partial charge in [0.15, 0.2) is 0 Å². The lowest BCUT2D eigenvalue weighted by Gasteiger charge is -2.34. The number of amides is 2. The molecule has 0 radical (unpaired) electrons. The first-order valence-corrected chi connectivity index (χ1v) is 12.7. The molecule has 4 rings (SSSR count). The number of nitrogens with zero attached hydrogens (tertiary/aromatic N) is 3. The van der Waals surface area contributed by atoms with Gasteiger partial charge in [0.05, 0.1) is 23.1 Å². The van der Waals surface area contributed by atoms with Crippen LogP contribution in [0.15, 0.2) is 60.8 Å². The topological polar surface area (TPSA) is 76.5 Å². The van der Waals surface area contributed by atoms with E-state index in [1.807, 2.05) is 74.8 Å². The molecule has 7 heteroatoms. The Morgan fingerprint density at radius 1 is 1.03 bits per heavy atom. The van der Waals surface area contributed by atoms with E-state index in [0.717, 1.165) is 36.2 Å². The van der Waals surface area contributed by atoms with Crippen LogP contribution in [0.3, 0.4) is 0 Å². The minimum atomic E-state index is -0.525. The molecule has 1 saturated heterocycles. The highest BCUT2D eigenvalue weighted by molar-refractivity contribution is 5.95. The molecule has 1 aromatic heterocycles. The number of piperidine rings is 1. The lowest BCUT2D eigenvalue weighted by molar-refractivity contribution is 0.0203. The van der Waals surface area contributed by atoms with E-state index in [2.05, 4.69) is 22.5 Å². The van der Waals surface area contributed by atoms with Crippen LogP contribution in [0, 0.1) is 6.92 Å². The molecular formula is C29H36N4O3. The fourth-order valence-corrected chi connectivity index (χ4v) is 4.54. The Morgan fingerprint density at radius 3 is 2.33 bits per heavy atom. The Hall–Kier alpha value is -3.61. The molecule has 0 bridgehead atoms. The maximum Gasteiger partial charge on any atom is 0.410 e. The van der Waals surface area contributed by atoms with Crippen molar-refractivity contribution in [1.29, 1.82) is 0 Å². The van der Waals surface area contributed by atoms with E-state index in [1.54, 1.807) is 11.1 Å². The predicted molar refractivity (Wildman–Crippen MR) is 141 cm³/mol. The zero-order valence-electron chi connectivity index (χ0n) is 21.7. The molecule has 1 fully saturated rings. The summed E-state index contributed by atoms with van der Waals surface area (Å²) in [6.45, 7) is 9.38. The number of hydrogen-bond acceptors (Lipinski definition) is 4. The summed E-state index contributed by atoms with van der Waals surface area (Å²) in [5, 5.41) is 7.71. The number of likely N-dealkylation sites (tertiary alicyclic amines) is 1. The van der Waals surface area contributed by atoms with Crippen LogP contribution in [0.1, 0.15) is 66.7 Å². The number of nitrogens with one attached hydrogen (secondary N) is 1. The van der Waals surface area contributed by atoms with Gasteiger partial charge in [-0.3, -0.25) is 4.79 Å². The molecule has 36 heavy (non-hydrogen) atoms. The van der Waals surface area contributed by atoms with Crippen molar-refractivity contribution in [2.45, 2.75) is 58.5 Å². The molecule has 190 valence electrons. The number of carbonyl (C=O) groups is 2. The molecule has 2 amide bonds. The average Bonchev–Trinajstić information content (AvgIpc) is 3.29. The van der Waals surface area contributed by atoms with E-state index in [1.165, 1.54) is 5.56 Å². The van der Waals surface area contributed by atoms with Crippen LogP contribution < -0.4 is 5.32 Å². The molecule has 1 aliphatic rings. The van der Waals surface area contributed by atoms with Gasteiger partial charge in [-0.15, -0.1) is 0 Å². The van der Waals surface area contributed by atoms with Crippen molar-refractivity contribution in [3.05, 3.63) is 83.2 Å². The summed E-state index contributed by atoms with van der Waals surface area (Å²) >= 11 is 0. The normalized spacial score (nSPS) is 14.5. The largest absolute Gasteiger partial charge is 0.444 e. The first kappa shape index (κ1) is 25.5. The van der Waals surface area contributed by atoms with Crippen molar-refractivity contribution in [3.63, 3.8) is 0 Å². The number of ether oxygens (including phenoxy) is 1. The van der Waals surface area contributed by atoms with Gasteiger partial charge in [0, 0.05) is 25.6 Å². The van der Waals surface area contributed by atoms with E-state index < -0.39 is 5.60 Å². The Balaban J connectivity index is 1.52. The first-order valence-electron chi connectivity index (χ1n) is 12.7. The van der Waals surface area contributed by atoms with Gasteiger partial charge in [-0.1, -0.05) is 48.0 Å². The standard InChI is InChI=1S/C29H36N4O3/c1-21-10-12-24(13-11-21)33-26(23-15-18-32(19-16-23)28(35)36-29(2,3)4)25(20-31-33)27(34)30-17-14-22-8-6-5-7-9-22/h5-13,20,23H,14-19H2,1-4H3,(H,30,34). The second kappa shape index (κ2) is 11.0. The molecule has 3 aromatic rings. The Morgan fingerprint density at radius 2 is 1.69 bits per heavy atom. The minimum absolute atomic E-state index is 0.0994. The Labute approximate surface area is 213 Å². The number of benzene rings is 2. The average molecular weight is 489 g/mol. The molecule has 0 atom stereocenters. The van der Waals surface area contributed by atoms with Crippen molar-refractivity contribution >= 4 is 12.0 Å². The van der Waals surface area contributed by atoms with E-state index in [4.69, 9.17) is 4.74 Å². The van der Waals surface area contributed by atoms with Gasteiger partial charge in [0.25, 0.3) is 5.91 Å².